The molecule has 1 aromatic rings. The molecule has 1 aromatic carbocycles. The van der Waals surface area contributed by atoms with E-state index >= 15 is 0 Å². The molecule has 0 fully saturated rings. The number of guanidine groups is 1. The summed E-state index contributed by atoms with van der Waals surface area (Å²) in [5, 5.41) is 6.46. The van der Waals surface area contributed by atoms with Gasteiger partial charge in [0.2, 0.25) is 0 Å². The van der Waals surface area contributed by atoms with Crippen LogP contribution in [0.2, 0.25) is 0 Å². The van der Waals surface area contributed by atoms with Crippen molar-refractivity contribution in [1.82, 2.24) is 15.5 Å². The van der Waals surface area contributed by atoms with Gasteiger partial charge in [0.05, 0.1) is 6.61 Å². The number of nitrogens with one attached hydrogen (secondary N) is 2. The van der Waals surface area contributed by atoms with Crippen LogP contribution in [-0.2, 0) is 17.8 Å². The highest BCUT2D eigenvalue weighted by Gasteiger charge is 2.06. The lowest BCUT2D eigenvalue weighted by Crippen LogP contribution is -2.38. The first-order valence-electron chi connectivity index (χ1n) is 8.86. The molecule has 1 rings (SSSR count). The van der Waals surface area contributed by atoms with Gasteiger partial charge in [-0.05, 0) is 44.1 Å². The van der Waals surface area contributed by atoms with Gasteiger partial charge in [0.25, 0.3) is 0 Å². The van der Waals surface area contributed by atoms with Crippen LogP contribution in [0.5, 0.6) is 0 Å². The minimum absolute atomic E-state index is 0.168. The number of hydrogen-bond acceptors (Lipinski definition) is 3. The van der Waals surface area contributed by atoms with E-state index in [1.807, 2.05) is 25.1 Å². The van der Waals surface area contributed by atoms with E-state index in [1.54, 1.807) is 13.1 Å². The third-order valence-corrected chi connectivity index (χ3v) is 3.66. The van der Waals surface area contributed by atoms with Crippen LogP contribution in [0.4, 0.5) is 4.39 Å². The van der Waals surface area contributed by atoms with Crippen molar-refractivity contribution in [2.75, 3.05) is 40.9 Å². The summed E-state index contributed by atoms with van der Waals surface area (Å²) in [7, 11) is 5.59. The Morgan fingerprint density at radius 2 is 2.00 bits per heavy atom. The summed E-state index contributed by atoms with van der Waals surface area (Å²) in [6.45, 7) is 7.69. The number of aliphatic imine (C=N–C) groups is 1. The molecule has 0 radical (unpaired) electrons. The molecule has 0 atom stereocenters. The van der Waals surface area contributed by atoms with E-state index in [0.717, 1.165) is 18.6 Å². The maximum absolute atomic E-state index is 13.8. The first-order valence-corrected chi connectivity index (χ1v) is 8.86. The SMILES string of the molecule is CN=C(NCCOCCC(C)C)NCc1ccc(F)c(CN(C)C)c1. The van der Waals surface area contributed by atoms with Gasteiger partial charge in [-0.25, -0.2) is 4.39 Å². The summed E-state index contributed by atoms with van der Waals surface area (Å²) in [5.74, 6) is 1.21. The lowest BCUT2D eigenvalue weighted by Gasteiger charge is -2.14. The van der Waals surface area contributed by atoms with Gasteiger partial charge in [-0.1, -0.05) is 19.9 Å². The fourth-order valence-electron chi connectivity index (χ4n) is 2.27. The molecule has 0 heterocycles. The highest BCUT2D eigenvalue weighted by atomic mass is 19.1. The van der Waals surface area contributed by atoms with Crippen LogP contribution in [0.15, 0.2) is 23.2 Å². The Kier molecular flexibility index (Phi) is 10.1. The number of benzene rings is 1. The minimum atomic E-state index is -0.168. The first kappa shape index (κ1) is 21.4. The zero-order valence-corrected chi connectivity index (χ0v) is 16.2. The zero-order chi connectivity index (χ0) is 18.7. The molecule has 0 aliphatic rings. The van der Waals surface area contributed by atoms with Crippen molar-refractivity contribution >= 4 is 5.96 Å². The largest absolute Gasteiger partial charge is 0.380 e. The van der Waals surface area contributed by atoms with E-state index in [1.165, 1.54) is 6.07 Å². The Labute approximate surface area is 151 Å². The van der Waals surface area contributed by atoms with Gasteiger partial charge in [0.15, 0.2) is 5.96 Å². The molecule has 0 unspecified atom stereocenters. The minimum Gasteiger partial charge on any atom is -0.380 e. The fourth-order valence-corrected chi connectivity index (χ4v) is 2.27. The standard InChI is InChI=1S/C19H33FN4O/c1-15(2)8-10-25-11-9-22-19(21-3)23-13-16-6-7-18(20)17(12-16)14-24(4)5/h6-7,12,15H,8-11,13-14H2,1-5H3,(H2,21,22,23). The first-order chi connectivity index (χ1) is 11.9. The number of hydrogen-bond donors (Lipinski definition) is 2. The number of halogens is 1. The molecule has 0 saturated heterocycles. The van der Waals surface area contributed by atoms with Crippen molar-refractivity contribution in [3.8, 4) is 0 Å². The molecule has 0 bridgehead atoms. The molecule has 142 valence electrons. The molecule has 0 amide bonds. The van der Waals surface area contributed by atoms with Crippen LogP contribution >= 0.6 is 0 Å². The van der Waals surface area contributed by atoms with Crippen molar-refractivity contribution in [1.29, 1.82) is 0 Å². The number of nitrogens with zero attached hydrogens (tertiary/aromatic N) is 2. The predicted octanol–water partition coefficient (Wildman–Crippen LogP) is 2.62. The highest BCUT2D eigenvalue weighted by Crippen LogP contribution is 2.12. The van der Waals surface area contributed by atoms with Crippen LogP contribution in [-0.4, -0.2) is 51.8 Å². The van der Waals surface area contributed by atoms with Gasteiger partial charge in [-0.3, -0.25) is 4.99 Å². The maximum atomic E-state index is 13.8. The molecular weight excluding hydrogens is 319 g/mol. The summed E-state index contributed by atoms with van der Waals surface area (Å²) < 4.78 is 19.4. The second-order valence-electron chi connectivity index (χ2n) is 6.81. The van der Waals surface area contributed by atoms with Crippen molar-refractivity contribution in [3.63, 3.8) is 0 Å². The Morgan fingerprint density at radius 1 is 1.24 bits per heavy atom. The van der Waals surface area contributed by atoms with Crippen molar-refractivity contribution < 1.29 is 9.13 Å². The molecule has 0 saturated carbocycles. The molecular formula is C19H33FN4O. The van der Waals surface area contributed by atoms with Gasteiger partial charge in [0, 0.05) is 38.9 Å². The summed E-state index contributed by atoms with van der Waals surface area (Å²) in [6.07, 6.45) is 1.08. The quantitative estimate of drug-likeness (QED) is 0.386. The molecule has 2 N–H and O–H groups in total. The van der Waals surface area contributed by atoms with Crippen LogP contribution in [0.25, 0.3) is 0 Å². The van der Waals surface area contributed by atoms with E-state index in [4.69, 9.17) is 4.74 Å². The van der Waals surface area contributed by atoms with Crippen LogP contribution in [0.3, 0.4) is 0 Å². The van der Waals surface area contributed by atoms with E-state index in [2.05, 4.69) is 29.5 Å². The summed E-state index contributed by atoms with van der Waals surface area (Å²) in [5.41, 5.74) is 1.72. The predicted molar refractivity (Wildman–Crippen MR) is 102 cm³/mol. The van der Waals surface area contributed by atoms with Crippen molar-refractivity contribution in [2.45, 2.75) is 33.4 Å². The third-order valence-electron chi connectivity index (χ3n) is 3.66. The van der Waals surface area contributed by atoms with Gasteiger partial charge in [0.1, 0.15) is 5.82 Å². The van der Waals surface area contributed by atoms with Gasteiger partial charge in [-0.2, -0.15) is 0 Å². The Balaban J connectivity index is 2.37. The van der Waals surface area contributed by atoms with Crippen LogP contribution in [0.1, 0.15) is 31.4 Å². The molecule has 5 nitrogen and oxygen atoms in total. The lowest BCUT2D eigenvalue weighted by atomic mass is 10.1. The van der Waals surface area contributed by atoms with Crippen molar-refractivity contribution in [2.24, 2.45) is 10.9 Å². The third kappa shape index (κ3) is 9.41. The topological polar surface area (TPSA) is 48.9 Å². The van der Waals surface area contributed by atoms with Gasteiger partial charge >= 0.3 is 0 Å². The van der Waals surface area contributed by atoms with Gasteiger partial charge in [-0.15, -0.1) is 0 Å². The average molecular weight is 352 g/mol. The monoisotopic (exact) mass is 352 g/mol. The van der Waals surface area contributed by atoms with E-state index < -0.39 is 0 Å². The smallest absolute Gasteiger partial charge is 0.191 e. The molecule has 0 aliphatic carbocycles. The molecule has 0 aliphatic heterocycles. The Morgan fingerprint density at radius 3 is 2.64 bits per heavy atom. The normalized spacial score (nSPS) is 12.1. The number of ether oxygens (including phenoxy) is 1. The summed E-state index contributed by atoms with van der Waals surface area (Å²) in [6, 6.07) is 5.21. The zero-order valence-electron chi connectivity index (χ0n) is 16.2. The Bertz CT molecular complexity index is 532. The Hall–Kier alpha value is -1.66. The summed E-state index contributed by atoms with van der Waals surface area (Å²) >= 11 is 0. The molecule has 0 aromatic heterocycles. The lowest BCUT2D eigenvalue weighted by molar-refractivity contribution is 0.128. The van der Waals surface area contributed by atoms with Crippen molar-refractivity contribution in [3.05, 3.63) is 35.1 Å². The molecule has 0 spiro atoms. The maximum Gasteiger partial charge on any atom is 0.191 e. The second kappa shape index (κ2) is 11.8. The average Bonchev–Trinajstić information content (AvgIpc) is 2.55. The van der Waals surface area contributed by atoms with Gasteiger partial charge < -0.3 is 20.3 Å². The van der Waals surface area contributed by atoms with Crippen LogP contribution in [0, 0.1) is 11.7 Å². The van der Waals surface area contributed by atoms with E-state index in [0.29, 0.717) is 43.7 Å². The highest BCUT2D eigenvalue weighted by molar-refractivity contribution is 5.79. The second-order valence-corrected chi connectivity index (χ2v) is 6.81. The van der Waals surface area contributed by atoms with E-state index in [-0.39, 0.29) is 5.82 Å². The van der Waals surface area contributed by atoms with Crippen LogP contribution < -0.4 is 10.6 Å². The number of rotatable bonds is 10. The van der Waals surface area contributed by atoms with E-state index in [9.17, 15) is 4.39 Å². The fraction of sp³-hybridized carbons (Fsp3) is 0.632. The molecule has 25 heavy (non-hydrogen) atoms. The molecule has 6 heteroatoms. The summed E-state index contributed by atoms with van der Waals surface area (Å²) in [4.78, 5) is 6.15.